The summed E-state index contributed by atoms with van der Waals surface area (Å²) >= 11 is 0. The van der Waals surface area contributed by atoms with Gasteiger partial charge in [-0.15, -0.1) is 0 Å². The molecule has 0 aliphatic rings. The maximum Gasteiger partial charge on any atom is 0.250 e. The highest BCUT2D eigenvalue weighted by Gasteiger charge is 2.07. The van der Waals surface area contributed by atoms with E-state index in [0.717, 1.165) is 11.1 Å². The van der Waals surface area contributed by atoms with Crippen LogP contribution in [0.2, 0.25) is 0 Å². The molecule has 1 N–H and O–H groups in total. The van der Waals surface area contributed by atoms with Gasteiger partial charge in [0.05, 0.1) is 6.54 Å². The second-order valence-electron chi connectivity index (χ2n) is 3.44. The third-order valence-electron chi connectivity index (χ3n) is 2.12. The molecule has 1 aromatic rings. The lowest BCUT2D eigenvalue weighted by Gasteiger charge is -2.14. The Bertz CT molecular complexity index is 286. The lowest BCUT2D eigenvalue weighted by Crippen LogP contribution is -2.24. The van der Waals surface area contributed by atoms with Crippen molar-refractivity contribution in [1.82, 2.24) is 5.32 Å². The summed E-state index contributed by atoms with van der Waals surface area (Å²) in [7, 11) is 0. The van der Waals surface area contributed by atoms with Crippen LogP contribution in [0.15, 0.2) is 24.3 Å². The molecule has 1 nitrogen and oxygen atoms in total. The molecule has 14 heavy (non-hydrogen) atoms. The Kier molecular flexibility index (Phi) is 4.01. The van der Waals surface area contributed by atoms with E-state index in [9.17, 15) is 8.78 Å². The van der Waals surface area contributed by atoms with Crippen LogP contribution in [0.5, 0.6) is 0 Å². The Morgan fingerprint density at radius 3 is 2.64 bits per heavy atom. The van der Waals surface area contributed by atoms with E-state index in [1.54, 1.807) is 0 Å². The molecule has 0 saturated heterocycles. The normalized spacial score (nSPS) is 13.2. The SMILES string of the molecule is Cc1cccc([C@H](C)NCC(F)F)c1. The molecule has 0 radical (unpaired) electrons. The highest BCUT2D eigenvalue weighted by atomic mass is 19.3. The molecule has 0 aliphatic heterocycles. The van der Waals surface area contributed by atoms with Crippen molar-refractivity contribution in [3.63, 3.8) is 0 Å². The molecule has 0 saturated carbocycles. The van der Waals surface area contributed by atoms with Gasteiger partial charge in [0.15, 0.2) is 0 Å². The number of halogens is 2. The summed E-state index contributed by atoms with van der Waals surface area (Å²) in [4.78, 5) is 0. The standard InChI is InChI=1S/C11H15F2N/c1-8-4-3-5-10(6-8)9(2)14-7-11(12)13/h3-6,9,11,14H,7H2,1-2H3/t9-/m0/s1. The molecule has 78 valence electrons. The molecule has 1 aromatic carbocycles. The summed E-state index contributed by atoms with van der Waals surface area (Å²) in [6.07, 6.45) is -2.29. The Morgan fingerprint density at radius 2 is 2.07 bits per heavy atom. The van der Waals surface area contributed by atoms with Crippen LogP contribution in [0.25, 0.3) is 0 Å². The smallest absolute Gasteiger partial charge is 0.250 e. The van der Waals surface area contributed by atoms with E-state index in [1.807, 2.05) is 38.1 Å². The number of hydrogen-bond donors (Lipinski definition) is 1. The van der Waals surface area contributed by atoms with Crippen molar-refractivity contribution in [2.24, 2.45) is 0 Å². The zero-order valence-electron chi connectivity index (χ0n) is 8.43. The van der Waals surface area contributed by atoms with Gasteiger partial charge >= 0.3 is 0 Å². The first-order chi connectivity index (χ1) is 6.59. The minimum atomic E-state index is -2.29. The van der Waals surface area contributed by atoms with Crippen molar-refractivity contribution < 1.29 is 8.78 Å². The minimum absolute atomic E-state index is 0.0242. The molecule has 0 amide bonds. The number of alkyl halides is 2. The van der Waals surface area contributed by atoms with Crippen LogP contribution >= 0.6 is 0 Å². The topological polar surface area (TPSA) is 12.0 Å². The molecule has 1 atom stereocenters. The van der Waals surface area contributed by atoms with Crippen LogP contribution in [0.4, 0.5) is 8.78 Å². The predicted molar refractivity (Wildman–Crippen MR) is 53.6 cm³/mol. The van der Waals surface area contributed by atoms with Gasteiger partial charge in [-0.2, -0.15) is 0 Å². The molecular formula is C11H15F2N. The largest absolute Gasteiger partial charge is 0.305 e. The fourth-order valence-electron chi connectivity index (χ4n) is 1.32. The highest BCUT2D eigenvalue weighted by molar-refractivity contribution is 5.24. The second kappa shape index (κ2) is 5.05. The Labute approximate surface area is 83.1 Å². The Balaban J connectivity index is 2.56. The fraction of sp³-hybridized carbons (Fsp3) is 0.455. The summed E-state index contributed by atoms with van der Waals surface area (Å²) < 4.78 is 23.9. The third-order valence-corrected chi connectivity index (χ3v) is 2.12. The summed E-state index contributed by atoms with van der Waals surface area (Å²) in [5, 5.41) is 2.78. The highest BCUT2D eigenvalue weighted by Crippen LogP contribution is 2.13. The summed E-state index contributed by atoms with van der Waals surface area (Å²) in [5.74, 6) is 0. The number of rotatable bonds is 4. The summed E-state index contributed by atoms with van der Waals surface area (Å²) in [6, 6.07) is 7.84. The fourth-order valence-corrected chi connectivity index (χ4v) is 1.32. The summed E-state index contributed by atoms with van der Waals surface area (Å²) in [6.45, 7) is 3.62. The van der Waals surface area contributed by atoms with Gasteiger partial charge in [0, 0.05) is 6.04 Å². The van der Waals surface area contributed by atoms with E-state index in [2.05, 4.69) is 5.32 Å². The molecule has 0 aliphatic carbocycles. The lowest BCUT2D eigenvalue weighted by atomic mass is 10.1. The van der Waals surface area contributed by atoms with Gasteiger partial charge in [-0.25, -0.2) is 8.78 Å². The van der Waals surface area contributed by atoms with Gasteiger partial charge in [-0.05, 0) is 19.4 Å². The average Bonchev–Trinajstić information content (AvgIpc) is 2.14. The third kappa shape index (κ3) is 3.42. The zero-order chi connectivity index (χ0) is 10.6. The van der Waals surface area contributed by atoms with Crippen LogP contribution in [-0.2, 0) is 0 Å². The van der Waals surface area contributed by atoms with Crippen molar-refractivity contribution in [1.29, 1.82) is 0 Å². The van der Waals surface area contributed by atoms with Gasteiger partial charge in [0.2, 0.25) is 0 Å². The minimum Gasteiger partial charge on any atom is -0.305 e. The Hall–Kier alpha value is -0.960. The molecule has 1 rings (SSSR count). The molecular weight excluding hydrogens is 184 g/mol. The lowest BCUT2D eigenvalue weighted by molar-refractivity contribution is 0.142. The van der Waals surface area contributed by atoms with Crippen molar-refractivity contribution in [2.45, 2.75) is 26.3 Å². The van der Waals surface area contributed by atoms with Crippen LogP contribution in [-0.4, -0.2) is 13.0 Å². The average molecular weight is 199 g/mol. The molecule has 0 aromatic heterocycles. The first-order valence-corrected chi connectivity index (χ1v) is 4.67. The van der Waals surface area contributed by atoms with E-state index in [4.69, 9.17) is 0 Å². The maximum absolute atomic E-state index is 11.9. The van der Waals surface area contributed by atoms with Crippen LogP contribution in [0.3, 0.4) is 0 Å². The predicted octanol–water partition coefficient (Wildman–Crippen LogP) is 2.91. The van der Waals surface area contributed by atoms with Crippen molar-refractivity contribution in [2.75, 3.05) is 6.54 Å². The van der Waals surface area contributed by atoms with Gasteiger partial charge in [-0.3, -0.25) is 0 Å². The summed E-state index contributed by atoms with van der Waals surface area (Å²) in [5.41, 5.74) is 2.19. The van der Waals surface area contributed by atoms with Gasteiger partial charge in [-0.1, -0.05) is 29.8 Å². The van der Waals surface area contributed by atoms with Gasteiger partial charge in [0.25, 0.3) is 6.43 Å². The van der Waals surface area contributed by atoms with Crippen LogP contribution in [0.1, 0.15) is 24.1 Å². The van der Waals surface area contributed by atoms with Crippen molar-refractivity contribution in [3.05, 3.63) is 35.4 Å². The van der Waals surface area contributed by atoms with E-state index < -0.39 is 6.43 Å². The molecule has 0 unspecified atom stereocenters. The van der Waals surface area contributed by atoms with Gasteiger partial charge < -0.3 is 5.32 Å². The van der Waals surface area contributed by atoms with E-state index in [1.165, 1.54) is 0 Å². The Morgan fingerprint density at radius 1 is 1.36 bits per heavy atom. The second-order valence-corrected chi connectivity index (χ2v) is 3.44. The van der Waals surface area contributed by atoms with Crippen molar-refractivity contribution in [3.8, 4) is 0 Å². The van der Waals surface area contributed by atoms with E-state index >= 15 is 0 Å². The molecule has 0 bridgehead atoms. The number of aryl methyl sites for hydroxylation is 1. The van der Waals surface area contributed by atoms with Gasteiger partial charge in [0.1, 0.15) is 0 Å². The monoisotopic (exact) mass is 199 g/mol. The molecule has 3 heteroatoms. The zero-order valence-corrected chi connectivity index (χ0v) is 8.43. The molecule has 0 spiro atoms. The van der Waals surface area contributed by atoms with Crippen molar-refractivity contribution >= 4 is 0 Å². The maximum atomic E-state index is 11.9. The molecule has 0 fully saturated rings. The quantitative estimate of drug-likeness (QED) is 0.786. The number of hydrogen-bond acceptors (Lipinski definition) is 1. The first-order valence-electron chi connectivity index (χ1n) is 4.67. The number of nitrogens with one attached hydrogen (secondary N) is 1. The van der Waals surface area contributed by atoms with Crippen LogP contribution in [0, 0.1) is 6.92 Å². The van der Waals surface area contributed by atoms with E-state index in [-0.39, 0.29) is 12.6 Å². The number of benzene rings is 1. The first kappa shape index (κ1) is 11.1. The van der Waals surface area contributed by atoms with E-state index in [0.29, 0.717) is 0 Å². The van der Waals surface area contributed by atoms with Crippen LogP contribution < -0.4 is 5.32 Å². The molecule has 0 heterocycles.